The van der Waals surface area contributed by atoms with Crippen LogP contribution in [0.25, 0.3) is 0 Å². The lowest BCUT2D eigenvalue weighted by Gasteiger charge is -2.11. The SMILES string of the molecule is C=CCS(=O)(=O)O/N=C(/c1ccc(OCC)cc1)C(F)(F)F. The predicted molar refractivity (Wildman–Crippen MR) is 75.3 cm³/mol. The Bertz CT molecular complexity index is 636. The Morgan fingerprint density at radius 3 is 2.36 bits per heavy atom. The molecule has 0 aliphatic carbocycles. The third kappa shape index (κ3) is 5.40. The van der Waals surface area contributed by atoms with Crippen molar-refractivity contribution in [3.8, 4) is 5.75 Å². The Morgan fingerprint density at radius 2 is 1.91 bits per heavy atom. The topological polar surface area (TPSA) is 65.0 Å². The molecule has 22 heavy (non-hydrogen) atoms. The Morgan fingerprint density at radius 1 is 1.32 bits per heavy atom. The van der Waals surface area contributed by atoms with E-state index in [1.807, 2.05) is 0 Å². The van der Waals surface area contributed by atoms with E-state index >= 15 is 0 Å². The molecule has 0 saturated carbocycles. The van der Waals surface area contributed by atoms with E-state index in [1.165, 1.54) is 12.1 Å². The molecule has 1 rings (SSSR count). The number of oxime groups is 1. The highest BCUT2D eigenvalue weighted by molar-refractivity contribution is 7.86. The van der Waals surface area contributed by atoms with Crippen molar-refractivity contribution >= 4 is 15.8 Å². The second kappa shape index (κ2) is 7.30. The fourth-order valence-electron chi connectivity index (χ4n) is 1.41. The molecule has 0 aromatic heterocycles. The highest BCUT2D eigenvalue weighted by Crippen LogP contribution is 2.24. The summed E-state index contributed by atoms with van der Waals surface area (Å²) in [6, 6.07) is 4.86. The summed E-state index contributed by atoms with van der Waals surface area (Å²) in [7, 11) is -4.24. The molecule has 0 radical (unpaired) electrons. The molecule has 0 unspecified atom stereocenters. The monoisotopic (exact) mass is 337 g/mol. The van der Waals surface area contributed by atoms with Crippen molar-refractivity contribution in [3.05, 3.63) is 42.5 Å². The first-order valence-corrected chi connectivity index (χ1v) is 7.68. The molecule has 5 nitrogen and oxygen atoms in total. The number of halogens is 3. The average Bonchev–Trinajstić information content (AvgIpc) is 2.39. The van der Waals surface area contributed by atoms with Crippen LogP contribution in [0.4, 0.5) is 13.2 Å². The van der Waals surface area contributed by atoms with Gasteiger partial charge in [0.2, 0.25) is 0 Å². The van der Waals surface area contributed by atoms with E-state index in [0.29, 0.717) is 12.4 Å². The highest BCUT2D eigenvalue weighted by Gasteiger charge is 2.38. The lowest BCUT2D eigenvalue weighted by molar-refractivity contribution is -0.0597. The molecule has 0 N–H and O–H groups in total. The van der Waals surface area contributed by atoms with Gasteiger partial charge in [0.15, 0.2) is 5.71 Å². The molecule has 0 amide bonds. The van der Waals surface area contributed by atoms with Gasteiger partial charge in [0.1, 0.15) is 11.5 Å². The molecular weight excluding hydrogens is 323 g/mol. The van der Waals surface area contributed by atoms with Crippen molar-refractivity contribution in [2.75, 3.05) is 12.4 Å². The minimum absolute atomic E-state index is 0.343. The number of benzene rings is 1. The number of hydrogen-bond donors (Lipinski definition) is 0. The van der Waals surface area contributed by atoms with E-state index in [2.05, 4.69) is 16.0 Å². The molecular formula is C13H14F3NO4S. The van der Waals surface area contributed by atoms with Gasteiger partial charge in [-0.05, 0) is 31.2 Å². The minimum atomic E-state index is -4.88. The highest BCUT2D eigenvalue weighted by atomic mass is 32.2. The van der Waals surface area contributed by atoms with Crippen molar-refractivity contribution in [3.63, 3.8) is 0 Å². The van der Waals surface area contributed by atoms with E-state index in [4.69, 9.17) is 4.74 Å². The fourth-order valence-corrected chi connectivity index (χ4v) is 1.95. The molecule has 9 heteroatoms. The number of ether oxygens (including phenoxy) is 1. The molecule has 1 aromatic carbocycles. The summed E-state index contributed by atoms with van der Waals surface area (Å²) in [5.41, 5.74) is -1.80. The molecule has 0 bridgehead atoms. The summed E-state index contributed by atoms with van der Waals surface area (Å²) in [5.74, 6) is -0.266. The molecule has 1 aromatic rings. The van der Waals surface area contributed by atoms with E-state index in [0.717, 1.165) is 18.2 Å². The fraction of sp³-hybridized carbons (Fsp3) is 0.308. The smallest absolute Gasteiger partial charge is 0.437 e. The Labute approximate surface area is 126 Å². The van der Waals surface area contributed by atoms with Crippen LogP contribution in [0, 0.1) is 0 Å². The van der Waals surface area contributed by atoms with Gasteiger partial charge in [-0.2, -0.15) is 21.6 Å². The van der Waals surface area contributed by atoms with Crippen LogP contribution in [0.3, 0.4) is 0 Å². The van der Waals surface area contributed by atoms with E-state index in [-0.39, 0.29) is 5.56 Å². The quantitative estimate of drug-likeness (QED) is 0.436. The first-order valence-electron chi connectivity index (χ1n) is 6.10. The third-order valence-electron chi connectivity index (χ3n) is 2.27. The standard InChI is InChI=1S/C13H14F3NO4S/c1-3-9-22(18,19)21-17-12(13(14,15)16)10-5-7-11(8-6-10)20-4-2/h3,5-8H,1,4,9H2,2H3/b17-12-. The average molecular weight is 337 g/mol. The van der Waals surface area contributed by atoms with Gasteiger partial charge in [-0.3, -0.25) is 4.28 Å². The maximum Gasteiger partial charge on any atom is 0.437 e. The Kier molecular flexibility index (Phi) is 5.98. The summed E-state index contributed by atoms with van der Waals surface area (Å²) in [4.78, 5) is 0. The van der Waals surface area contributed by atoms with Crippen molar-refractivity contribution in [2.45, 2.75) is 13.1 Å². The van der Waals surface area contributed by atoms with E-state index in [1.54, 1.807) is 6.92 Å². The van der Waals surface area contributed by atoms with Gasteiger partial charge < -0.3 is 4.74 Å². The molecule has 0 heterocycles. The zero-order valence-corrected chi connectivity index (χ0v) is 12.4. The maximum atomic E-state index is 13.0. The second-order valence-electron chi connectivity index (χ2n) is 3.98. The molecule has 122 valence electrons. The predicted octanol–water partition coefficient (Wildman–Crippen LogP) is 2.88. The van der Waals surface area contributed by atoms with Gasteiger partial charge in [-0.15, -0.1) is 6.58 Å². The Hall–Kier alpha value is -2.03. The number of alkyl halides is 3. The molecule has 0 fully saturated rings. The van der Waals surface area contributed by atoms with Crippen LogP contribution >= 0.6 is 0 Å². The molecule has 0 atom stereocenters. The van der Waals surface area contributed by atoms with Gasteiger partial charge in [0.25, 0.3) is 0 Å². The van der Waals surface area contributed by atoms with E-state index < -0.39 is 27.8 Å². The number of rotatable bonds is 7. The van der Waals surface area contributed by atoms with Crippen LogP contribution in [-0.4, -0.2) is 32.7 Å². The molecule has 0 saturated heterocycles. The van der Waals surface area contributed by atoms with Gasteiger partial charge in [0.05, 0.1) is 6.61 Å². The lowest BCUT2D eigenvalue weighted by atomic mass is 10.1. The summed E-state index contributed by atoms with van der Waals surface area (Å²) < 4.78 is 70.5. The molecule has 0 spiro atoms. The summed E-state index contributed by atoms with van der Waals surface area (Å²) in [5, 5.41) is 2.75. The van der Waals surface area contributed by atoms with Gasteiger partial charge in [-0.1, -0.05) is 11.2 Å². The zero-order valence-electron chi connectivity index (χ0n) is 11.6. The first-order chi connectivity index (χ1) is 10.2. The zero-order chi connectivity index (χ0) is 16.8. The number of hydrogen-bond acceptors (Lipinski definition) is 5. The van der Waals surface area contributed by atoms with Gasteiger partial charge >= 0.3 is 16.3 Å². The number of nitrogens with zero attached hydrogens (tertiary/aromatic N) is 1. The van der Waals surface area contributed by atoms with Crippen molar-refractivity contribution in [1.29, 1.82) is 0 Å². The van der Waals surface area contributed by atoms with Crippen LogP contribution in [0.1, 0.15) is 12.5 Å². The van der Waals surface area contributed by atoms with Crippen LogP contribution in [-0.2, 0) is 14.4 Å². The molecule has 0 aliphatic heterocycles. The van der Waals surface area contributed by atoms with E-state index in [9.17, 15) is 21.6 Å². The van der Waals surface area contributed by atoms with Crippen molar-refractivity contribution in [2.24, 2.45) is 5.16 Å². The summed E-state index contributed by atoms with van der Waals surface area (Å²) in [6.45, 7) is 5.26. The summed E-state index contributed by atoms with van der Waals surface area (Å²) >= 11 is 0. The van der Waals surface area contributed by atoms with Crippen molar-refractivity contribution < 1.29 is 30.6 Å². The normalized spacial score (nSPS) is 12.8. The second-order valence-corrected chi connectivity index (χ2v) is 5.58. The Balaban J connectivity index is 3.11. The lowest BCUT2D eigenvalue weighted by Crippen LogP contribution is -2.25. The minimum Gasteiger partial charge on any atom is -0.494 e. The van der Waals surface area contributed by atoms with Crippen molar-refractivity contribution in [1.82, 2.24) is 0 Å². The van der Waals surface area contributed by atoms with Crippen LogP contribution in [0.5, 0.6) is 5.75 Å². The largest absolute Gasteiger partial charge is 0.494 e. The third-order valence-corrected chi connectivity index (χ3v) is 3.22. The van der Waals surface area contributed by atoms with Crippen LogP contribution < -0.4 is 4.74 Å². The maximum absolute atomic E-state index is 13.0. The summed E-state index contributed by atoms with van der Waals surface area (Å²) in [6.07, 6.45) is -3.90. The molecule has 0 aliphatic rings. The van der Waals surface area contributed by atoms with Gasteiger partial charge in [0, 0.05) is 5.56 Å². The van der Waals surface area contributed by atoms with Gasteiger partial charge in [-0.25, -0.2) is 0 Å². The van der Waals surface area contributed by atoms with Crippen LogP contribution in [0.2, 0.25) is 0 Å². The first kappa shape index (κ1) is 18.0. The van der Waals surface area contributed by atoms with Crippen LogP contribution in [0.15, 0.2) is 42.1 Å².